The SMILES string of the molecule is [CH2]CCCC(C)CCCCCCCCCCCC. The molecule has 0 amide bonds. The largest absolute Gasteiger partial charge is 0.0654 e. The molecule has 0 aliphatic heterocycles. The first-order valence-electron chi connectivity index (χ1n) is 8.60. The second-order valence-electron chi connectivity index (χ2n) is 6.07. The van der Waals surface area contributed by atoms with Crippen LogP contribution in [0.1, 0.15) is 104 Å². The number of hydrogen-bond acceptors (Lipinski definition) is 0. The van der Waals surface area contributed by atoms with Crippen molar-refractivity contribution < 1.29 is 0 Å². The molecule has 0 rings (SSSR count). The summed E-state index contributed by atoms with van der Waals surface area (Å²) in [5, 5.41) is 0. The van der Waals surface area contributed by atoms with Gasteiger partial charge in [-0.1, -0.05) is 111 Å². The van der Waals surface area contributed by atoms with Crippen molar-refractivity contribution in [3.8, 4) is 0 Å². The van der Waals surface area contributed by atoms with Crippen molar-refractivity contribution in [2.75, 3.05) is 0 Å². The normalized spacial score (nSPS) is 12.8. The van der Waals surface area contributed by atoms with Gasteiger partial charge in [0.2, 0.25) is 0 Å². The molecule has 0 bridgehead atoms. The van der Waals surface area contributed by atoms with Gasteiger partial charge < -0.3 is 0 Å². The van der Waals surface area contributed by atoms with Gasteiger partial charge in [0.1, 0.15) is 0 Å². The van der Waals surface area contributed by atoms with Crippen molar-refractivity contribution in [3.63, 3.8) is 0 Å². The van der Waals surface area contributed by atoms with Gasteiger partial charge in [0, 0.05) is 0 Å². The van der Waals surface area contributed by atoms with Gasteiger partial charge in [-0.05, 0) is 5.92 Å². The number of rotatable bonds is 14. The van der Waals surface area contributed by atoms with Crippen LogP contribution in [0.25, 0.3) is 0 Å². The van der Waals surface area contributed by atoms with Gasteiger partial charge in [0.05, 0.1) is 0 Å². The lowest BCUT2D eigenvalue weighted by Crippen LogP contribution is -1.94. The molecule has 109 valence electrons. The fraction of sp³-hybridized carbons (Fsp3) is 0.944. The highest BCUT2D eigenvalue weighted by Crippen LogP contribution is 2.17. The average Bonchev–Trinajstić information content (AvgIpc) is 2.38. The van der Waals surface area contributed by atoms with E-state index in [1.807, 2.05) is 0 Å². The Bertz CT molecular complexity index is 139. The van der Waals surface area contributed by atoms with Crippen molar-refractivity contribution in [1.29, 1.82) is 0 Å². The van der Waals surface area contributed by atoms with E-state index in [4.69, 9.17) is 0 Å². The molecule has 0 nitrogen and oxygen atoms in total. The van der Waals surface area contributed by atoms with Gasteiger partial charge in [-0.25, -0.2) is 0 Å². The molecule has 0 saturated heterocycles. The highest BCUT2D eigenvalue weighted by atomic mass is 14.1. The zero-order valence-corrected chi connectivity index (χ0v) is 13.2. The van der Waals surface area contributed by atoms with Crippen LogP contribution in [0.5, 0.6) is 0 Å². The third-order valence-electron chi connectivity index (χ3n) is 4.00. The molecule has 0 aromatic carbocycles. The topological polar surface area (TPSA) is 0 Å². The molecule has 0 aromatic rings. The molecular weight excluding hydrogens is 216 g/mol. The molecule has 0 aliphatic rings. The summed E-state index contributed by atoms with van der Waals surface area (Å²) in [6.45, 7) is 8.61. The van der Waals surface area contributed by atoms with Crippen LogP contribution in [0.2, 0.25) is 0 Å². The summed E-state index contributed by atoms with van der Waals surface area (Å²) in [7, 11) is 0. The molecular formula is C18H37. The minimum atomic E-state index is 0.931. The molecule has 18 heavy (non-hydrogen) atoms. The summed E-state index contributed by atoms with van der Waals surface area (Å²) in [4.78, 5) is 0. The molecule has 0 aromatic heterocycles. The standard InChI is InChI=1S/C18H37/c1-4-6-8-9-10-11-12-13-14-15-17-18(3)16-7-5-2/h18H,2,4-17H2,1,3H3. The first-order valence-corrected chi connectivity index (χ1v) is 8.60. The highest BCUT2D eigenvalue weighted by molar-refractivity contribution is 4.55. The van der Waals surface area contributed by atoms with Gasteiger partial charge in [0.25, 0.3) is 0 Å². The maximum Gasteiger partial charge on any atom is -0.0443 e. The van der Waals surface area contributed by atoms with E-state index in [0.29, 0.717) is 0 Å². The van der Waals surface area contributed by atoms with E-state index in [-0.39, 0.29) is 0 Å². The van der Waals surface area contributed by atoms with Crippen molar-refractivity contribution in [3.05, 3.63) is 6.92 Å². The van der Waals surface area contributed by atoms with Crippen molar-refractivity contribution in [2.24, 2.45) is 5.92 Å². The molecule has 0 spiro atoms. The Morgan fingerprint density at radius 2 is 1.11 bits per heavy atom. The van der Waals surface area contributed by atoms with E-state index in [0.717, 1.165) is 12.3 Å². The first kappa shape index (κ1) is 18.0. The van der Waals surface area contributed by atoms with E-state index in [1.54, 1.807) is 0 Å². The summed E-state index contributed by atoms with van der Waals surface area (Å²) >= 11 is 0. The summed E-state index contributed by atoms with van der Waals surface area (Å²) in [5.41, 5.74) is 0. The zero-order chi connectivity index (χ0) is 13.5. The maximum absolute atomic E-state index is 3.91. The molecule has 0 heteroatoms. The van der Waals surface area contributed by atoms with E-state index in [1.165, 1.54) is 83.5 Å². The van der Waals surface area contributed by atoms with E-state index < -0.39 is 0 Å². The van der Waals surface area contributed by atoms with Gasteiger partial charge in [-0.15, -0.1) is 0 Å². The molecule has 0 aliphatic carbocycles. The molecule has 0 saturated carbocycles. The van der Waals surface area contributed by atoms with Gasteiger partial charge in [0.15, 0.2) is 0 Å². The maximum atomic E-state index is 3.91. The lowest BCUT2D eigenvalue weighted by atomic mass is 9.97. The van der Waals surface area contributed by atoms with Crippen LogP contribution in [0.4, 0.5) is 0 Å². The summed E-state index contributed by atoms with van der Waals surface area (Å²) in [6, 6.07) is 0. The van der Waals surface area contributed by atoms with Crippen molar-refractivity contribution in [2.45, 2.75) is 104 Å². The Kier molecular flexibility index (Phi) is 15.1. The molecule has 0 heterocycles. The van der Waals surface area contributed by atoms with Crippen LogP contribution in [-0.2, 0) is 0 Å². The Morgan fingerprint density at radius 1 is 0.667 bits per heavy atom. The Morgan fingerprint density at radius 3 is 1.61 bits per heavy atom. The smallest absolute Gasteiger partial charge is 0.0443 e. The van der Waals surface area contributed by atoms with Crippen LogP contribution >= 0.6 is 0 Å². The van der Waals surface area contributed by atoms with Gasteiger partial charge in [-0.2, -0.15) is 0 Å². The lowest BCUT2D eigenvalue weighted by Gasteiger charge is -2.10. The second-order valence-corrected chi connectivity index (χ2v) is 6.07. The fourth-order valence-corrected chi connectivity index (χ4v) is 2.62. The summed E-state index contributed by atoms with van der Waals surface area (Å²) in [6.07, 6.45) is 19.8. The predicted molar refractivity (Wildman–Crippen MR) is 84.8 cm³/mol. The van der Waals surface area contributed by atoms with E-state index in [2.05, 4.69) is 20.8 Å². The zero-order valence-electron chi connectivity index (χ0n) is 13.2. The second kappa shape index (κ2) is 15.1. The number of unbranched alkanes of at least 4 members (excludes halogenated alkanes) is 10. The van der Waals surface area contributed by atoms with Gasteiger partial charge >= 0.3 is 0 Å². The molecule has 0 fully saturated rings. The van der Waals surface area contributed by atoms with Crippen LogP contribution in [0.15, 0.2) is 0 Å². The minimum absolute atomic E-state index is 0.931. The predicted octanol–water partition coefficient (Wildman–Crippen LogP) is 6.94. The highest BCUT2D eigenvalue weighted by Gasteiger charge is 2.00. The number of hydrogen-bond donors (Lipinski definition) is 0. The van der Waals surface area contributed by atoms with Crippen LogP contribution < -0.4 is 0 Å². The van der Waals surface area contributed by atoms with Crippen molar-refractivity contribution >= 4 is 0 Å². The lowest BCUT2D eigenvalue weighted by molar-refractivity contribution is 0.444. The minimum Gasteiger partial charge on any atom is -0.0654 e. The van der Waals surface area contributed by atoms with Gasteiger partial charge in [-0.3, -0.25) is 0 Å². The van der Waals surface area contributed by atoms with Crippen molar-refractivity contribution in [1.82, 2.24) is 0 Å². The third-order valence-corrected chi connectivity index (χ3v) is 4.00. The Labute approximate surface area is 117 Å². The van der Waals surface area contributed by atoms with Crippen LogP contribution in [0, 0.1) is 12.8 Å². The Balaban J connectivity index is 3.02. The average molecular weight is 253 g/mol. The molecule has 1 atom stereocenters. The van der Waals surface area contributed by atoms with Crippen LogP contribution in [-0.4, -0.2) is 0 Å². The van der Waals surface area contributed by atoms with Crippen LogP contribution in [0.3, 0.4) is 0 Å². The first-order chi connectivity index (χ1) is 8.81. The third kappa shape index (κ3) is 14.1. The van der Waals surface area contributed by atoms with E-state index in [9.17, 15) is 0 Å². The van der Waals surface area contributed by atoms with E-state index >= 15 is 0 Å². The summed E-state index contributed by atoms with van der Waals surface area (Å²) in [5.74, 6) is 0.931. The molecule has 1 radical (unpaired) electrons. The monoisotopic (exact) mass is 253 g/mol. The quantitative estimate of drug-likeness (QED) is 0.294. The molecule has 1 unspecified atom stereocenters. The summed E-state index contributed by atoms with van der Waals surface area (Å²) < 4.78 is 0. The Hall–Kier alpha value is 0. The molecule has 0 N–H and O–H groups in total. The fourth-order valence-electron chi connectivity index (χ4n) is 2.62.